The number of aliphatic carboxylic acids is 3. The van der Waals surface area contributed by atoms with Crippen molar-refractivity contribution >= 4 is 35.6 Å². The van der Waals surface area contributed by atoms with Gasteiger partial charge in [-0.2, -0.15) is 0 Å². The van der Waals surface area contributed by atoms with E-state index in [1.54, 1.807) is 13.8 Å². The normalized spacial score (nSPS) is 13.6. The van der Waals surface area contributed by atoms with E-state index >= 15 is 0 Å². The number of amides is 3. The zero-order chi connectivity index (χ0) is 23.4. The van der Waals surface area contributed by atoms with Gasteiger partial charge in [0.25, 0.3) is 0 Å². The fourth-order valence-corrected chi connectivity index (χ4v) is 2.30. The Balaban J connectivity index is 4.87. The summed E-state index contributed by atoms with van der Waals surface area (Å²) in [4.78, 5) is 68.5. The average molecular weight is 432 g/mol. The molecule has 0 radical (unpaired) electrons. The van der Waals surface area contributed by atoms with Crippen molar-refractivity contribution in [3.8, 4) is 0 Å². The van der Waals surface area contributed by atoms with Crippen molar-refractivity contribution < 1.29 is 44.1 Å². The van der Waals surface area contributed by atoms with E-state index in [0.29, 0.717) is 0 Å². The summed E-state index contributed by atoms with van der Waals surface area (Å²) in [5, 5.41) is 33.0. The molecule has 0 bridgehead atoms. The van der Waals surface area contributed by atoms with Crippen LogP contribution in [0.5, 0.6) is 0 Å². The standard InChI is InChI=1S/C17H28N4O9/c1-8(2)5-10(16(28)21-11(17(29)30)6-14(25)26)20-12(22)7-19-15(27)9(18)3-4-13(23)24/h8-11H,3-7,18H2,1-2H3,(H,19,27)(H,20,22)(H,21,28)(H,23,24)(H,25,26)(H,29,30). The molecule has 13 heteroatoms. The summed E-state index contributed by atoms with van der Waals surface area (Å²) in [7, 11) is 0. The second-order valence-corrected chi connectivity index (χ2v) is 7.00. The van der Waals surface area contributed by atoms with Crippen LogP contribution in [0.4, 0.5) is 0 Å². The molecular weight excluding hydrogens is 404 g/mol. The number of hydrogen-bond acceptors (Lipinski definition) is 7. The lowest BCUT2D eigenvalue weighted by atomic mass is 10.0. The maximum Gasteiger partial charge on any atom is 0.326 e. The Labute approximate surface area is 172 Å². The zero-order valence-corrected chi connectivity index (χ0v) is 16.7. The molecule has 30 heavy (non-hydrogen) atoms. The molecule has 13 nitrogen and oxygen atoms in total. The summed E-state index contributed by atoms with van der Waals surface area (Å²) >= 11 is 0. The van der Waals surface area contributed by atoms with Gasteiger partial charge in [-0.1, -0.05) is 13.8 Å². The van der Waals surface area contributed by atoms with E-state index < -0.39 is 66.7 Å². The number of carboxylic acids is 3. The second kappa shape index (κ2) is 13.1. The Morgan fingerprint density at radius 3 is 1.93 bits per heavy atom. The fraction of sp³-hybridized carbons (Fsp3) is 0.647. The van der Waals surface area contributed by atoms with Gasteiger partial charge in [-0.25, -0.2) is 4.79 Å². The number of carbonyl (C=O) groups is 6. The summed E-state index contributed by atoms with van der Waals surface area (Å²) in [6, 6.07) is -3.96. The van der Waals surface area contributed by atoms with Gasteiger partial charge in [0.05, 0.1) is 19.0 Å². The number of hydrogen-bond donors (Lipinski definition) is 7. The van der Waals surface area contributed by atoms with Crippen LogP contribution in [0.1, 0.15) is 39.5 Å². The largest absolute Gasteiger partial charge is 0.481 e. The molecule has 0 rings (SSSR count). The monoisotopic (exact) mass is 432 g/mol. The van der Waals surface area contributed by atoms with E-state index in [-0.39, 0.29) is 25.2 Å². The molecule has 0 aromatic rings. The van der Waals surface area contributed by atoms with Crippen molar-refractivity contribution in [1.29, 1.82) is 0 Å². The SMILES string of the molecule is CC(C)CC(NC(=O)CNC(=O)C(N)CCC(=O)O)C(=O)NC(CC(=O)O)C(=O)O. The Bertz CT molecular complexity index is 666. The summed E-state index contributed by atoms with van der Waals surface area (Å²) in [5.74, 6) is -6.56. The number of carbonyl (C=O) groups excluding carboxylic acids is 3. The van der Waals surface area contributed by atoms with Gasteiger partial charge >= 0.3 is 17.9 Å². The number of nitrogens with one attached hydrogen (secondary N) is 3. The lowest BCUT2D eigenvalue weighted by molar-refractivity contribution is -0.147. The third kappa shape index (κ3) is 11.6. The van der Waals surface area contributed by atoms with E-state index in [1.807, 2.05) is 0 Å². The third-order valence-electron chi connectivity index (χ3n) is 3.78. The number of rotatable bonds is 14. The summed E-state index contributed by atoms with van der Waals surface area (Å²) < 4.78 is 0. The van der Waals surface area contributed by atoms with Crippen LogP contribution in [0.25, 0.3) is 0 Å². The maximum atomic E-state index is 12.4. The van der Waals surface area contributed by atoms with Gasteiger partial charge in [0.15, 0.2) is 0 Å². The molecule has 0 fully saturated rings. The fourth-order valence-electron chi connectivity index (χ4n) is 2.30. The minimum absolute atomic E-state index is 0.0807. The molecule has 0 saturated heterocycles. The van der Waals surface area contributed by atoms with Gasteiger partial charge in [0, 0.05) is 6.42 Å². The Hall–Kier alpha value is -3.22. The molecule has 3 atom stereocenters. The zero-order valence-electron chi connectivity index (χ0n) is 16.7. The van der Waals surface area contributed by atoms with Gasteiger partial charge in [0.2, 0.25) is 17.7 Å². The first-order valence-electron chi connectivity index (χ1n) is 9.12. The maximum absolute atomic E-state index is 12.4. The summed E-state index contributed by atoms with van der Waals surface area (Å²) in [5.41, 5.74) is 5.52. The lowest BCUT2D eigenvalue weighted by Gasteiger charge is -2.22. The Kier molecular flexibility index (Phi) is 11.7. The molecular formula is C17H28N4O9. The van der Waals surface area contributed by atoms with Crippen LogP contribution >= 0.6 is 0 Å². The summed E-state index contributed by atoms with van der Waals surface area (Å²) in [6.45, 7) is 2.96. The van der Waals surface area contributed by atoms with Crippen LogP contribution in [0.2, 0.25) is 0 Å². The lowest BCUT2D eigenvalue weighted by Crippen LogP contribution is -2.54. The predicted molar refractivity (Wildman–Crippen MR) is 101 cm³/mol. The van der Waals surface area contributed by atoms with Crippen LogP contribution < -0.4 is 21.7 Å². The van der Waals surface area contributed by atoms with E-state index in [1.165, 1.54) is 0 Å². The quantitative estimate of drug-likeness (QED) is 0.158. The molecule has 3 unspecified atom stereocenters. The molecule has 0 aromatic carbocycles. The van der Waals surface area contributed by atoms with Crippen molar-refractivity contribution in [2.75, 3.05) is 6.54 Å². The third-order valence-corrected chi connectivity index (χ3v) is 3.78. The minimum Gasteiger partial charge on any atom is -0.481 e. The highest BCUT2D eigenvalue weighted by Crippen LogP contribution is 2.06. The topological polar surface area (TPSA) is 225 Å². The van der Waals surface area contributed by atoms with Crippen LogP contribution in [-0.4, -0.2) is 75.6 Å². The first-order valence-corrected chi connectivity index (χ1v) is 9.12. The van der Waals surface area contributed by atoms with E-state index in [2.05, 4.69) is 16.0 Å². The van der Waals surface area contributed by atoms with Gasteiger partial charge in [-0.05, 0) is 18.8 Å². The molecule has 0 saturated carbocycles. The van der Waals surface area contributed by atoms with Crippen molar-refractivity contribution in [1.82, 2.24) is 16.0 Å². The minimum atomic E-state index is -1.67. The van der Waals surface area contributed by atoms with Crippen molar-refractivity contribution in [3.05, 3.63) is 0 Å². The van der Waals surface area contributed by atoms with E-state index in [0.717, 1.165) is 0 Å². The molecule has 0 spiro atoms. The van der Waals surface area contributed by atoms with Crippen molar-refractivity contribution in [2.24, 2.45) is 11.7 Å². The summed E-state index contributed by atoms with van der Waals surface area (Å²) in [6.07, 6.45) is -1.16. The highest BCUT2D eigenvalue weighted by molar-refractivity contribution is 5.93. The molecule has 3 amide bonds. The van der Waals surface area contributed by atoms with Crippen LogP contribution in [-0.2, 0) is 28.8 Å². The Morgan fingerprint density at radius 1 is 0.867 bits per heavy atom. The van der Waals surface area contributed by atoms with Crippen LogP contribution in [0.15, 0.2) is 0 Å². The van der Waals surface area contributed by atoms with Crippen LogP contribution in [0.3, 0.4) is 0 Å². The highest BCUT2D eigenvalue weighted by Gasteiger charge is 2.28. The average Bonchev–Trinajstić information content (AvgIpc) is 2.61. The van der Waals surface area contributed by atoms with Gasteiger partial charge in [-0.15, -0.1) is 0 Å². The molecule has 0 aliphatic carbocycles. The van der Waals surface area contributed by atoms with Crippen molar-refractivity contribution in [3.63, 3.8) is 0 Å². The van der Waals surface area contributed by atoms with Crippen LogP contribution in [0, 0.1) is 5.92 Å². The number of carboxylic acid groups (broad SMARTS) is 3. The Morgan fingerprint density at radius 2 is 1.47 bits per heavy atom. The second-order valence-electron chi connectivity index (χ2n) is 7.00. The van der Waals surface area contributed by atoms with Gasteiger partial charge in [0.1, 0.15) is 12.1 Å². The molecule has 0 aliphatic heterocycles. The molecule has 170 valence electrons. The molecule has 0 heterocycles. The van der Waals surface area contributed by atoms with Crippen molar-refractivity contribution in [2.45, 2.75) is 57.7 Å². The highest BCUT2D eigenvalue weighted by atomic mass is 16.4. The van der Waals surface area contributed by atoms with Gasteiger partial charge < -0.3 is 37.0 Å². The number of nitrogens with two attached hydrogens (primary N) is 1. The first kappa shape index (κ1) is 26.8. The smallest absolute Gasteiger partial charge is 0.326 e. The van der Waals surface area contributed by atoms with E-state index in [9.17, 15) is 28.8 Å². The first-order chi connectivity index (χ1) is 13.8. The van der Waals surface area contributed by atoms with Gasteiger partial charge in [-0.3, -0.25) is 24.0 Å². The molecule has 8 N–H and O–H groups in total. The predicted octanol–water partition coefficient (Wildman–Crippen LogP) is -2.13. The molecule has 0 aliphatic rings. The van der Waals surface area contributed by atoms with E-state index in [4.69, 9.17) is 21.1 Å². The molecule has 0 aromatic heterocycles.